The van der Waals surface area contributed by atoms with Crippen LogP contribution in [-0.2, 0) is 28.3 Å². The summed E-state index contributed by atoms with van der Waals surface area (Å²) in [6.45, 7) is 4.04. The number of nitro benzene ring substituents is 1. The lowest BCUT2D eigenvalue weighted by atomic mass is 10.0. The number of non-ortho nitro benzene ring substituents is 1. The second-order valence-corrected chi connectivity index (χ2v) is 10.4. The van der Waals surface area contributed by atoms with Gasteiger partial charge in [-0.15, -0.1) is 11.8 Å². The van der Waals surface area contributed by atoms with Gasteiger partial charge in [-0.2, -0.15) is 0 Å². The zero-order valence-electron chi connectivity index (χ0n) is 20.8. The third kappa shape index (κ3) is 8.91. The molecule has 9 heteroatoms. The van der Waals surface area contributed by atoms with E-state index in [-0.39, 0.29) is 35.8 Å². The molecule has 0 heterocycles. The van der Waals surface area contributed by atoms with Gasteiger partial charge in [0.25, 0.3) is 5.69 Å². The van der Waals surface area contributed by atoms with Crippen LogP contribution in [0.5, 0.6) is 0 Å². The minimum atomic E-state index is -0.701. The Labute approximate surface area is 226 Å². The van der Waals surface area contributed by atoms with Crippen LogP contribution in [0.3, 0.4) is 0 Å². The SMILES string of the molecule is CC(C)NC(=O)C(Cc1ccccc1)N(Cc1ccc(Cl)cc1)C(=O)CSCc1ccc([N+](=O)[O-])cc1. The van der Waals surface area contributed by atoms with E-state index in [0.717, 1.165) is 16.7 Å². The minimum absolute atomic E-state index is 0.0267. The van der Waals surface area contributed by atoms with Crippen molar-refractivity contribution < 1.29 is 14.5 Å². The van der Waals surface area contributed by atoms with Gasteiger partial charge in [0.2, 0.25) is 11.8 Å². The third-order valence-electron chi connectivity index (χ3n) is 5.61. The Morgan fingerprint density at radius 3 is 2.16 bits per heavy atom. The average Bonchev–Trinajstić information content (AvgIpc) is 2.87. The number of carbonyl (C=O) groups is 2. The first kappa shape index (κ1) is 28.2. The number of halogens is 1. The number of nitrogens with zero attached hydrogens (tertiary/aromatic N) is 2. The van der Waals surface area contributed by atoms with Gasteiger partial charge >= 0.3 is 0 Å². The zero-order chi connectivity index (χ0) is 26.8. The van der Waals surface area contributed by atoms with Crippen molar-refractivity contribution in [3.63, 3.8) is 0 Å². The Hall–Kier alpha value is -3.36. The number of carbonyl (C=O) groups excluding carboxylic acids is 2. The van der Waals surface area contributed by atoms with E-state index in [1.165, 1.54) is 23.9 Å². The van der Waals surface area contributed by atoms with Crippen LogP contribution in [0, 0.1) is 10.1 Å². The number of rotatable bonds is 12. The van der Waals surface area contributed by atoms with Crippen molar-refractivity contribution in [3.05, 3.63) is 111 Å². The molecular formula is C28H30ClN3O4S. The van der Waals surface area contributed by atoms with E-state index in [9.17, 15) is 19.7 Å². The van der Waals surface area contributed by atoms with E-state index in [4.69, 9.17) is 11.6 Å². The maximum absolute atomic E-state index is 13.6. The van der Waals surface area contributed by atoms with E-state index >= 15 is 0 Å². The number of amides is 2. The molecule has 1 atom stereocenters. The highest BCUT2D eigenvalue weighted by Crippen LogP contribution is 2.21. The van der Waals surface area contributed by atoms with E-state index in [2.05, 4.69) is 5.32 Å². The number of nitro groups is 1. The maximum atomic E-state index is 13.6. The molecule has 0 aliphatic heterocycles. The van der Waals surface area contributed by atoms with Gasteiger partial charge in [-0.1, -0.05) is 66.2 Å². The molecule has 0 aliphatic rings. The molecule has 2 amide bonds. The highest BCUT2D eigenvalue weighted by molar-refractivity contribution is 7.99. The number of hydrogen-bond acceptors (Lipinski definition) is 5. The first-order valence-corrected chi connectivity index (χ1v) is 13.5. The topological polar surface area (TPSA) is 92.6 Å². The summed E-state index contributed by atoms with van der Waals surface area (Å²) in [6, 6.07) is 22.4. The summed E-state index contributed by atoms with van der Waals surface area (Å²) < 4.78 is 0. The monoisotopic (exact) mass is 539 g/mol. The van der Waals surface area contributed by atoms with Crippen molar-refractivity contribution in [1.29, 1.82) is 0 Å². The van der Waals surface area contributed by atoms with Crippen molar-refractivity contribution in [1.82, 2.24) is 10.2 Å². The van der Waals surface area contributed by atoms with Gasteiger partial charge < -0.3 is 10.2 Å². The molecule has 3 rings (SSSR count). The van der Waals surface area contributed by atoms with E-state index in [1.807, 2.05) is 56.3 Å². The lowest BCUT2D eigenvalue weighted by Crippen LogP contribution is -2.52. The van der Waals surface area contributed by atoms with Crippen molar-refractivity contribution in [2.45, 2.75) is 44.6 Å². The van der Waals surface area contributed by atoms with Gasteiger partial charge in [0.1, 0.15) is 6.04 Å². The average molecular weight is 540 g/mol. The number of hydrogen-bond donors (Lipinski definition) is 1. The first-order valence-electron chi connectivity index (χ1n) is 11.9. The van der Waals surface area contributed by atoms with Crippen LogP contribution in [0.4, 0.5) is 5.69 Å². The van der Waals surface area contributed by atoms with Gasteiger partial charge in [0, 0.05) is 41.9 Å². The van der Waals surface area contributed by atoms with Crippen LogP contribution in [0.25, 0.3) is 0 Å². The normalized spacial score (nSPS) is 11.7. The van der Waals surface area contributed by atoms with Gasteiger partial charge in [0.05, 0.1) is 10.7 Å². The summed E-state index contributed by atoms with van der Waals surface area (Å²) in [7, 11) is 0. The standard InChI is InChI=1S/C28H30ClN3O4S/c1-20(2)30-28(34)26(16-21-6-4-3-5-7-21)31(17-22-8-12-24(29)13-9-22)27(33)19-37-18-23-10-14-25(15-11-23)32(35)36/h3-15,20,26H,16-19H2,1-2H3,(H,30,34). The zero-order valence-corrected chi connectivity index (χ0v) is 22.4. The molecular weight excluding hydrogens is 510 g/mol. The fourth-order valence-corrected chi connectivity index (χ4v) is 4.77. The van der Waals surface area contributed by atoms with Crippen LogP contribution in [0.15, 0.2) is 78.9 Å². The molecule has 3 aromatic carbocycles. The van der Waals surface area contributed by atoms with Crippen LogP contribution in [0.2, 0.25) is 5.02 Å². The van der Waals surface area contributed by atoms with E-state index < -0.39 is 11.0 Å². The number of thioether (sulfide) groups is 1. The molecule has 194 valence electrons. The van der Waals surface area contributed by atoms with Gasteiger partial charge in [-0.3, -0.25) is 19.7 Å². The predicted molar refractivity (Wildman–Crippen MR) is 148 cm³/mol. The minimum Gasteiger partial charge on any atom is -0.352 e. The molecule has 0 bridgehead atoms. The Balaban J connectivity index is 1.81. The molecule has 0 aromatic heterocycles. The second kappa shape index (κ2) is 13.8. The summed E-state index contributed by atoms with van der Waals surface area (Å²) in [6.07, 6.45) is 0.381. The lowest BCUT2D eigenvalue weighted by Gasteiger charge is -2.32. The fraction of sp³-hybridized carbons (Fsp3) is 0.286. The van der Waals surface area contributed by atoms with Gasteiger partial charge in [-0.05, 0) is 42.7 Å². The molecule has 0 fully saturated rings. The molecule has 0 saturated carbocycles. The van der Waals surface area contributed by atoms with Crippen molar-refractivity contribution in [2.75, 3.05) is 5.75 Å². The molecule has 1 unspecified atom stereocenters. The maximum Gasteiger partial charge on any atom is 0.269 e. The highest BCUT2D eigenvalue weighted by atomic mass is 35.5. The number of benzene rings is 3. The summed E-state index contributed by atoms with van der Waals surface area (Å²) in [4.78, 5) is 39.0. The van der Waals surface area contributed by atoms with E-state index in [1.54, 1.807) is 29.2 Å². The Kier molecular flexibility index (Phi) is 10.5. The molecule has 37 heavy (non-hydrogen) atoms. The van der Waals surface area contributed by atoms with Crippen LogP contribution < -0.4 is 5.32 Å². The molecule has 0 aliphatic carbocycles. The summed E-state index contributed by atoms with van der Waals surface area (Å²) in [5.41, 5.74) is 2.73. The first-order chi connectivity index (χ1) is 17.7. The molecule has 7 nitrogen and oxygen atoms in total. The van der Waals surface area contributed by atoms with Crippen molar-refractivity contribution >= 4 is 40.9 Å². The van der Waals surface area contributed by atoms with E-state index in [0.29, 0.717) is 17.2 Å². The quantitative estimate of drug-likeness (QED) is 0.237. The molecule has 0 radical (unpaired) electrons. The third-order valence-corrected chi connectivity index (χ3v) is 6.85. The molecule has 0 saturated heterocycles. The van der Waals surface area contributed by atoms with Crippen LogP contribution in [-0.4, -0.2) is 39.5 Å². The number of nitrogens with one attached hydrogen (secondary N) is 1. The molecule has 1 N–H and O–H groups in total. The molecule has 0 spiro atoms. The van der Waals surface area contributed by atoms with Gasteiger partial charge in [0.15, 0.2) is 0 Å². The summed E-state index contributed by atoms with van der Waals surface area (Å²) >= 11 is 7.46. The summed E-state index contributed by atoms with van der Waals surface area (Å²) in [5, 5.41) is 14.5. The molecule has 3 aromatic rings. The second-order valence-electron chi connectivity index (χ2n) is 8.93. The van der Waals surface area contributed by atoms with Crippen LogP contribution in [0.1, 0.15) is 30.5 Å². The van der Waals surface area contributed by atoms with Gasteiger partial charge in [-0.25, -0.2) is 0 Å². The fourth-order valence-electron chi connectivity index (χ4n) is 3.77. The lowest BCUT2D eigenvalue weighted by molar-refractivity contribution is -0.384. The van der Waals surface area contributed by atoms with Crippen molar-refractivity contribution in [2.24, 2.45) is 0 Å². The highest BCUT2D eigenvalue weighted by Gasteiger charge is 2.30. The predicted octanol–water partition coefficient (Wildman–Crippen LogP) is 5.65. The smallest absolute Gasteiger partial charge is 0.269 e. The Bertz CT molecular complexity index is 1190. The largest absolute Gasteiger partial charge is 0.352 e. The summed E-state index contributed by atoms with van der Waals surface area (Å²) in [5.74, 6) is 0.300. The van der Waals surface area contributed by atoms with Crippen LogP contribution >= 0.6 is 23.4 Å². The van der Waals surface area contributed by atoms with Crippen molar-refractivity contribution in [3.8, 4) is 0 Å². The Morgan fingerprint density at radius 2 is 1.57 bits per heavy atom. The Morgan fingerprint density at radius 1 is 0.946 bits per heavy atom.